The summed E-state index contributed by atoms with van der Waals surface area (Å²) in [6.07, 6.45) is 2.03. The lowest BCUT2D eigenvalue weighted by Gasteiger charge is -2.32. The largest absolute Gasteiger partial charge is 0.458 e. The third-order valence-electron chi connectivity index (χ3n) is 7.83. The summed E-state index contributed by atoms with van der Waals surface area (Å²) in [6.45, 7) is 7.03. The lowest BCUT2D eigenvalue weighted by molar-refractivity contribution is 0.465. The van der Waals surface area contributed by atoms with Gasteiger partial charge < -0.3 is 13.9 Å². The Labute approximate surface area is 221 Å². The minimum absolute atomic E-state index is 0.0164. The molecular weight excluding hydrogens is 485 g/mol. The van der Waals surface area contributed by atoms with Crippen LogP contribution < -0.4 is 31.0 Å². The van der Waals surface area contributed by atoms with Gasteiger partial charge in [-0.15, -0.1) is 0 Å². The topological polar surface area (TPSA) is 44.5 Å². The zero-order valence-corrected chi connectivity index (χ0v) is 22.4. The molecule has 4 heterocycles. The van der Waals surface area contributed by atoms with E-state index >= 15 is 0 Å². The van der Waals surface area contributed by atoms with Crippen LogP contribution >= 0.6 is 0 Å². The number of hydrogen-bond acceptors (Lipinski definition) is 4. The minimum atomic E-state index is -1.42. The van der Waals surface area contributed by atoms with E-state index in [4.69, 9.17) is 18.9 Å². The molecule has 0 bridgehead atoms. The molecule has 4 nitrogen and oxygen atoms in total. The van der Waals surface area contributed by atoms with Gasteiger partial charge in [-0.25, -0.2) is 0 Å². The highest BCUT2D eigenvalue weighted by atomic mass is 28.3. The highest BCUT2D eigenvalue weighted by Gasteiger charge is 2.40. The van der Waals surface area contributed by atoms with E-state index in [0.29, 0.717) is 0 Å². The Morgan fingerprint density at radius 1 is 0.684 bits per heavy atom. The Balaban J connectivity index is 1.34. The fourth-order valence-corrected chi connectivity index (χ4v) is 6.90. The molecule has 0 spiro atoms. The van der Waals surface area contributed by atoms with Crippen LogP contribution in [-0.2, 0) is 0 Å². The molecule has 0 saturated carbocycles. The first-order valence-corrected chi connectivity index (χ1v) is 16.5. The van der Waals surface area contributed by atoms with Crippen LogP contribution in [0.25, 0.3) is 33.2 Å². The van der Waals surface area contributed by atoms with Crippen LogP contribution in [0.5, 0.6) is 23.0 Å². The first kappa shape index (κ1) is 21.8. The molecule has 2 aliphatic rings. The molecule has 0 atom stereocenters. The second-order valence-electron chi connectivity index (χ2n) is 11.2. The van der Waals surface area contributed by atoms with E-state index in [0.717, 1.165) is 72.6 Å². The van der Waals surface area contributed by atoms with Gasteiger partial charge in [0.05, 0.1) is 13.8 Å². The van der Waals surface area contributed by atoms with Crippen molar-refractivity contribution in [1.29, 1.82) is 0 Å². The van der Waals surface area contributed by atoms with Gasteiger partial charge in [-0.05, 0) is 58.6 Å². The molecule has 8 rings (SSSR count). The number of ether oxygens (including phenoxy) is 2. The maximum Gasteiger partial charge on any atom is 0.260 e. The highest BCUT2D eigenvalue weighted by molar-refractivity contribution is 6.98. The number of hydrogen-bond donors (Lipinski definition) is 0. The molecule has 182 valence electrons. The second-order valence-corrected chi connectivity index (χ2v) is 16.3. The zero-order chi connectivity index (χ0) is 25.6. The van der Waals surface area contributed by atoms with Crippen molar-refractivity contribution < 1.29 is 13.9 Å². The quantitative estimate of drug-likeness (QED) is 0.272. The second kappa shape index (κ2) is 7.62. The number of rotatable bonds is 2. The molecule has 0 saturated heterocycles. The lowest BCUT2D eigenvalue weighted by atomic mass is 9.35. The molecule has 0 aliphatic carbocycles. The molecule has 4 aromatic carbocycles. The summed E-state index contributed by atoms with van der Waals surface area (Å²) in [5.41, 5.74) is 6.92. The van der Waals surface area contributed by atoms with E-state index in [1.165, 1.54) is 5.19 Å². The van der Waals surface area contributed by atoms with Gasteiger partial charge >= 0.3 is 0 Å². The van der Waals surface area contributed by atoms with Crippen molar-refractivity contribution in [1.82, 2.24) is 4.98 Å². The van der Waals surface area contributed by atoms with Crippen LogP contribution in [0.3, 0.4) is 0 Å². The maximum atomic E-state index is 6.60. The van der Waals surface area contributed by atoms with Crippen LogP contribution in [0, 0.1) is 0 Å². The molecule has 2 aliphatic heterocycles. The predicted molar refractivity (Wildman–Crippen MR) is 158 cm³/mol. The van der Waals surface area contributed by atoms with Crippen LogP contribution in [-0.4, -0.2) is 19.8 Å². The van der Waals surface area contributed by atoms with E-state index in [1.807, 2.05) is 36.5 Å². The molecule has 0 unspecified atom stereocenters. The smallest absolute Gasteiger partial charge is 0.260 e. The van der Waals surface area contributed by atoms with Crippen molar-refractivity contribution in [2.24, 2.45) is 0 Å². The average molecular weight is 509 g/mol. The maximum absolute atomic E-state index is 6.60. The standard InChI is InChI=1S/C32H24BNO3Si/c1-38(2,3)19-14-15-25(34-18-19)21-9-6-8-20-22-16-30-24(17-29(22)37-32(20)21)33-23-10-4-5-11-26(23)35-27-12-7-13-28(36-30)31(27)33/h4-18H,1-3H3. The average Bonchev–Trinajstić information content (AvgIpc) is 3.29. The molecule has 2 aromatic heterocycles. The molecule has 6 aromatic rings. The number of para-hydroxylation sites is 2. The Morgan fingerprint density at radius 2 is 1.45 bits per heavy atom. The molecule has 6 heteroatoms. The van der Waals surface area contributed by atoms with Crippen molar-refractivity contribution in [3.8, 4) is 34.3 Å². The van der Waals surface area contributed by atoms with Gasteiger partial charge in [0.25, 0.3) is 6.71 Å². The summed E-state index contributed by atoms with van der Waals surface area (Å²) in [4.78, 5) is 4.84. The van der Waals surface area contributed by atoms with Gasteiger partial charge in [-0.1, -0.05) is 62.1 Å². The number of nitrogens with zero attached hydrogens (tertiary/aromatic N) is 1. The van der Waals surface area contributed by atoms with E-state index in [1.54, 1.807) is 0 Å². The van der Waals surface area contributed by atoms with Crippen molar-refractivity contribution in [2.45, 2.75) is 19.6 Å². The number of furan rings is 1. The SMILES string of the molecule is C[Si](C)(C)c1ccc(-c2cccc3c2oc2cc4c(cc23)Oc2cccc3c2B4c2ccccc2O3)nc1. The third kappa shape index (κ3) is 3.07. The summed E-state index contributed by atoms with van der Waals surface area (Å²) in [5, 5.41) is 3.45. The summed E-state index contributed by atoms with van der Waals surface area (Å²) in [7, 11) is -1.42. The van der Waals surface area contributed by atoms with Gasteiger partial charge in [0, 0.05) is 28.0 Å². The molecule has 0 fully saturated rings. The minimum Gasteiger partial charge on any atom is -0.458 e. The monoisotopic (exact) mass is 509 g/mol. The molecule has 0 radical (unpaired) electrons. The fraction of sp³-hybridized carbons (Fsp3) is 0.0938. The van der Waals surface area contributed by atoms with E-state index in [-0.39, 0.29) is 6.71 Å². The normalized spacial score (nSPS) is 13.5. The Morgan fingerprint density at radius 3 is 2.24 bits per heavy atom. The van der Waals surface area contributed by atoms with E-state index < -0.39 is 8.07 Å². The van der Waals surface area contributed by atoms with Crippen LogP contribution in [0.15, 0.2) is 95.5 Å². The van der Waals surface area contributed by atoms with Crippen molar-refractivity contribution in [3.05, 3.63) is 91.1 Å². The third-order valence-corrected chi connectivity index (χ3v) is 9.86. The Kier molecular flexibility index (Phi) is 4.36. The van der Waals surface area contributed by atoms with Crippen LogP contribution in [0.1, 0.15) is 0 Å². The number of pyridine rings is 1. The number of fused-ring (bicyclic) bond motifs is 7. The lowest BCUT2D eigenvalue weighted by Crippen LogP contribution is -2.57. The molecule has 0 amide bonds. The van der Waals surface area contributed by atoms with Gasteiger partial charge in [-0.3, -0.25) is 4.98 Å². The zero-order valence-electron chi connectivity index (χ0n) is 21.4. The van der Waals surface area contributed by atoms with Crippen molar-refractivity contribution >= 4 is 58.3 Å². The summed E-state index contributed by atoms with van der Waals surface area (Å²) in [6, 6.07) is 29.2. The summed E-state index contributed by atoms with van der Waals surface area (Å²) >= 11 is 0. The van der Waals surface area contributed by atoms with Gasteiger partial charge in [0.15, 0.2) is 0 Å². The highest BCUT2D eigenvalue weighted by Crippen LogP contribution is 2.39. The first-order valence-electron chi connectivity index (χ1n) is 13.0. The Hall–Kier alpha value is -4.29. The van der Waals surface area contributed by atoms with Crippen molar-refractivity contribution in [3.63, 3.8) is 0 Å². The number of benzene rings is 4. The fourth-order valence-electron chi connectivity index (χ4n) is 5.87. The van der Waals surface area contributed by atoms with Gasteiger partial charge in [0.1, 0.15) is 34.2 Å². The summed E-state index contributed by atoms with van der Waals surface area (Å²) in [5.74, 6) is 3.43. The summed E-state index contributed by atoms with van der Waals surface area (Å²) < 4.78 is 19.4. The van der Waals surface area contributed by atoms with E-state index in [2.05, 4.69) is 74.2 Å². The molecule has 38 heavy (non-hydrogen) atoms. The van der Waals surface area contributed by atoms with Crippen LogP contribution in [0.4, 0.5) is 0 Å². The van der Waals surface area contributed by atoms with E-state index in [9.17, 15) is 0 Å². The van der Waals surface area contributed by atoms with Crippen molar-refractivity contribution in [2.75, 3.05) is 0 Å². The Bertz CT molecular complexity index is 1920. The van der Waals surface area contributed by atoms with Gasteiger partial charge in [0.2, 0.25) is 0 Å². The molecule has 0 N–H and O–H groups in total. The molecular formula is C32H24BNO3Si. The van der Waals surface area contributed by atoms with Gasteiger partial charge in [-0.2, -0.15) is 0 Å². The number of aromatic nitrogens is 1. The first-order chi connectivity index (χ1) is 18.5. The predicted octanol–water partition coefficient (Wildman–Crippen LogP) is 5.92. The van der Waals surface area contributed by atoms with Crippen LogP contribution in [0.2, 0.25) is 19.6 Å².